The lowest BCUT2D eigenvalue weighted by Crippen LogP contribution is -2.25. The standard InChI is InChI=1S/C28H23F7O/c1-3-5-7-15-8-12-19(20(29)14-15)28(34,35)36-21-13-11-18-17-10-9-16(6-4-2)24(30)22(17)26(32)27(33)23(18)25(21)31/h3,8-14,26-27H,1,4-7H2,2H3. The molecule has 0 aliphatic heterocycles. The molecule has 0 heterocycles. The molecule has 190 valence electrons. The Hall–Kier alpha value is -3.29. The average molecular weight is 508 g/mol. The van der Waals surface area contributed by atoms with E-state index in [9.17, 15) is 22.0 Å². The van der Waals surface area contributed by atoms with Crippen LogP contribution in [0.15, 0.2) is 55.1 Å². The summed E-state index contributed by atoms with van der Waals surface area (Å²) < 4.78 is 109. The molecule has 1 nitrogen and oxygen atoms in total. The molecule has 3 aromatic carbocycles. The summed E-state index contributed by atoms with van der Waals surface area (Å²) >= 11 is 0. The van der Waals surface area contributed by atoms with Crippen molar-refractivity contribution < 1.29 is 35.5 Å². The van der Waals surface area contributed by atoms with Gasteiger partial charge in [0.2, 0.25) is 0 Å². The Bertz CT molecular complexity index is 1300. The zero-order valence-corrected chi connectivity index (χ0v) is 19.4. The molecule has 0 N–H and O–H groups in total. The Labute approximate surface area is 204 Å². The molecule has 3 aromatic rings. The Morgan fingerprint density at radius 2 is 1.53 bits per heavy atom. The summed E-state index contributed by atoms with van der Waals surface area (Å²) in [6.07, 6.45) is -6.14. The fourth-order valence-corrected chi connectivity index (χ4v) is 4.47. The van der Waals surface area contributed by atoms with E-state index in [1.54, 1.807) is 13.0 Å². The van der Waals surface area contributed by atoms with Crippen LogP contribution in [0.5, 0.6) is 5.75 Å². The van der Waals surface area contributed by atoms with Crippen molar-refractivity contribution in [2.24, 2.45) is 0 Å². The quantitative estimate of drug-likeness (QED) is 0.218. The Morgan fingerprint density at radius 3 is 2.14 bits per heavy atom. The predicted octanol–water partition coefficient (Wildman–Crippen LogP) is 9.01. The Kier molecular flexibility index (Phi) is 7.16. The van der Waals surface area contributed by atoms with Crippen LogP contribution in [-0.2, 0) is 19.0 Å². The van der Waals surface area contributed by atoms with E-state index in [1.807, 2.05) is 0 Å². The minimum Gasteiger partial charge on any atom is -0.426 e. The third kappa shape index (κ3) is 4.49. The van der Waals surface area contributed by atoms with Crippen LogP contribution in [0.3, 0.4) is 0 Å². The van der Waals surface area contributed by atoms with Crippen molar-refractivity contribution in [1.29, 1.82) is 0 Å². The maximum Gasteiger partial charge on any atom is 0.429 e. The first-order valence-corrected chi connectivity index (χ1v) is 11.5. The molecule has 0 saturated carbocycles. The van der Waals surface area contributed by atoms with Gasteiger partial charge in [0.15, 0.2) is 23.9 Å². The number of aryl methyl sites for hydroxylation is 2. The SMILES string of the molecule is C=CCCc1ccc(C(F)(F)Oc2ccc3c(c2F)C(F)C(F)c2c-3ccc(CCC)c2F)c(F)c1. The summed E-state index contributed by atoms with van der Waals surface area (Å²) in [6, 6.07) is 7.67. The maximum absolute atomic E-state index is 15.3. The summed E-state index contributed by atoms with van der Waals surface area (Å²) in [5, 5.41) is 0. The van der Waals surface area contributed by atoms with Gasteiger partial charge < -0.3 is 4.74 Å². The molecule has 0 aromatic heterocycles. The number of rotatable bonds is 8. The van der Waals surface area contributed by atoms with Crippen molar-refractivity contribution in [3.63, 3.8) is 0 Å². The third-order valence-electron chi connectivity index (χ3n) is 6.24. The molecule has 0 amide bonds. The fourth-order valence-electron chi connectivity index (χ4n) is 4.47. The molecule has 8 heteroatoms. The molecule has 1 aliphatic rings. The third-order valence-corrected chi connectivity index (χ3v) is 6.24. The fraction of sp³-hybridized carbons (Fsp3) is 0.286. The van der Waals surface area contributed by atoms with Gasteiger partial charge in [0, 0.05) is 11.1 Å². The van der Waals surface area contributed by atoms with Crippen molar-refractivity contribution in [1.82, 2.24) is 0 Å². The summed E-state index contributed by atoms with van der Waals surface area (Å²) in [6.45, 7) is 5.34. The number of ether oxygens (including phenoxy) is 1. The molecule has 0 bridgehead atoms. The zero-order chi connectivity index (χ0) is 26.2. The maximum atomic E-state index is 15.3. The monoisotopic (exact) mass is 508 g/mol. The van der Waals surface area contributed by atoms with Crippen molar-refractivity contribution in [3.05, 3.63) is 100 Å². The number of benzene rings is 3. The summed E-state index contributed by atoms with van der Waals surface area (Å²) in [4.78, 5) is 0. The highest BCUT2D eigenvalue weighted by Gasteiger charge is 2.42. The molecule has 4 rings (SSSR count). The van der Waals surface area contributed by atoms with Gasteiger partial charge in [-0.05, 0) is 59.7 Å². The molecule has 2 unspecified atom stereocenters. The summed E-state index contributed by atoms with van der Waals surface area (Å²) in [5.74, 6) is -4.82. The van der Waals surface area contributed by atoms with Crippen LogP contribution in [0.4, 0.5) is 30.7 Å². The van der Waals surface area contributed by atoms with Crippen LogP contribution >= 0.6 is 0 Å². The van der Waals surface area contributed by atoms with Crippen LogP contribution in [-0.4, -0.2) is 0 Å². The van der Waals surface area contributed by atoms with Gasteiger partial charge in [0.05, 0.1) is 5.56 Å². The average Bonchev–Trinajstić information content (AvgIpc) is 2.83. The van der Waals surface area contributed by atoms with Gasteiger partial charge in [-0.3, -0.25) is 0 Å². The molecule has 0 saturated heterocycles. The summed E-state index contributed by atoms with van der Waals surface area (Å²) in [7, 11) is 0. The second-order valence-corrected chi connectivity index (χ2v) is 8.65. The highest BCUT2D eigenvalue weighted by Crippen LogP contribution is 2.52. The topological polar surface area (TPSA) is 9.23 Å². The van der Waals surface area contributed by atoms with Crippen LogP contribution in [0, 0.1) is 17.5 Å². The van der Waals surface area contributed by atoms with Gasteiger partial charge in [-0.2, -0.15) is 8.78 Å². The normalized spacial score (nSPS) is 16.9. The van der Waals surface area contributed by atoms with E-state index in [0.717, 1.165) is 24.3 Å². The predicted molar refractivity (Wildman–Crippen MR) is 123 cm³/mol. The number of hydrogen-bond acceptors (Lipinski definition) is 1. The first kappa shape index (κ1) is 25.8. The van der Waals surface area contributed by atoms with Gasteiger partial charge >= 0.3 is 6.11 Å². The Balaban J connectivity index is 1.72. The molecule has 0 spiro atoms. The highest BCUT2D eigenvalue weighted by molar-refractivity contribution is 5.76. The first-order chi connectivity index (χ1) is 17.1. The van der Waals surface area contributed by atoms with Crippen LogP contribution in [0.2, 0.25) is 0 Å². The Morgan fingerprint density at radius 1 is 0.889 bits per heavy atom. The molecule has 1 aliphatic carbocycles. The lowest BCUT2D eigenvalue weighted by atomic mass is 9.81. The van der Waals surface area contributed by atoms with E-state index in [4.69, 9.17) is 0 Å². The van der Waals surface area contributed by atoms with E-state index < -0.39 is 58.3 Å². The minimum atomic E-state index is -4.31. The van der Waals surface area contributed by atoms with Crippen molar-refractivity contribution in [2.75, 3.05) is 0 Å². The molecular weight excluding hydrogens is 485 g/mol. The molecule has 36 heavy (non-hydrogen) atoms. The number of halogens is 7. The van der Waals surface area contributed by atoms with Gasteiger partial charge in [-0.1, -0.05) is 43.7 Å². The zero-order valence-electron chi connectivity index (χ0n) is 19.4. The van der Waals surface area contributed by atoms with E-state index in [-0.39, 0.29) is 16.7 Å². The van der Waals surface area contributed by atoms with Crippen LogP contribution in [0.25, 0.3) is 11.1 Å². The van der Waals surface area contributed by atoms with E-state index in [0.29, 0.717) is 31.2 Å². The van der Waals surface area contributed by atoms with Gasteiger partial charge in [-0.25, -0.2) is 22.0 Å². The first-order valence-electron chi connectivity index (χ1n) is 11.5. The molecular formula is C28H23F7O. The molecule has 0 fully saturated rings. The van der Waals surface area contributed by atoms with Gasteiger partial charge in [-0.15, -0.1) is 6.58 Å². The van der Waals surface area contributed by atoms with E-state index in [2.05, 4.69) is 11.3 Å². The number of alkyl halides is 4. The number of allylic oxidation sites excluding steroid dienone is 1. The molecule has 2 atom stereocenters. The lowest BCUT2D eigenvalue weighted by Gasteiger charge is -2.29. The number of fused-ring (bicyclic) bond motifs is 3. The van der Waals surface area contributed by atoms with Gasteiger partial charge in [0.1, 0.15) is 11.6 Å². The van der Waals surface area contributed by atoms with Crippen molar-refractivity contribution in [3.8, 4) is 16.9 Å². The lowest BCUT2D eigenvalue weighted by molar-refractivity contribution is -0.189. The van der Waals surface area contributed by atoms with E-state index in [1.165, 1.54) is 18.2 Å². The highest BCUT2D eigenvalue weighted by atomic mass is 19.3. The second kappa shape index (κ2) is 9.99. The molecule has 0 radical (unpaired) electrons. The van der Waals surface area contributed by atoms with E-state index >= 15 is 8.78 Å². The minimum absolute atomic E-state index is 0.0675. The van der Waals surface area contributed by atoms with Crippen LogP contribution in [0.1, 0.15) is 59.9 Å². The second-order valence-electron chi connectivity index (χ2n) is 8.65. The number of hydrogen-bond donors (Lipinski definition) is 0. The van der Waals surface area contributed by atoms with Crippen molar-refractivity contribution in [2.45, 2.75) is 51.1 Å². The smallest absolute Gasteiger partial charge is 0.426 e. The van der Waals surface area contributed by atoms with Crippen molar-refractivity contribution >= 4 is 0 Å². The largest absolute Gasteiger partial charge is 0.429 e. The van der Waals surface area contributed by atoms with Crippen LogP contribution < -0.4 is 4.74 Å². The summed E-state index contributed by atoms with van der Waals surface area (Å²) in [5.41, 5.74) is -2.11. The van der Waals surface area contributed by atoms with Gasteiger partial charge in [0.25, 0.3) is 0 Å².